The largest absolute Gasteiger partial charge is 0.236 e. The maximum absolute atomic E-state index is 6.13. The number of rotatable bonds is 2. The van der Waals surface area contributed by atoms with Gasteiger partial charge in [0.2, 0.25) is 0 Å². The van der Waals surface area contributed by atoms with E-state index in [0.717, 1.165) is 22.6 Å². The third kappa shape index (κ3) is 1.83. The van der Waals surface area contributed by atoms with Crippen LogP contribution in [-0.2, 0) is 5.88 Å². The van der Waals surface area contributed by atoms with Gasteiger partial charge in [0, 0.05) is 5.88 Å². The fourth-order valence-corrected chi connectivity index (χ4v) is 2.03. The highest BCUT2D eigenvalue weighted by Crippen LogP contribution is 2.24. The monoisotopic (exact) mass is 254 g/mol. The molecule has 2 aromatic rings. The van der Waals surface area contributed by atoms with E-state index < -0.39 is 0 Å². The van der Waals surface area contributed by atoms with Gasteiger partial charge in [0.25, 0.3) is 0 Å². The van der Waals surface area contributed by atoms with Crippen LogP contribution in [0, 0.1) is 13.8 Å². The molecule has 0 aliphatic carbocycles. The van der Waals surface area contributed by atoms with Crippen LogP contribution in [0.15, 0.2) is 24.3 Å². The van der Waals surface area contributed by atoms with Crippen LogP contribution < -0.4 is 0 Å². The zero-order valence-corrected chi connectivity index (χ0v) is 10.7. The predicted molar refractivity (Wildman–Crippen MR) is 67.6 cm³/mol. The molecule has 0 bridgehead atoms. The van der Waals surface area contributed by atoms with Crippen molar-refractivity contribution in [3.63, 3.8) is 0 Å². The summed E-state index contributed by atoms with van der Waals surface area (Å²) in [5, 5.41) is 5.13. The third-order valence-corrected chi connectivity index (χ3v) is 3.40. The minimum Gasteiger partial charge on any atom is -0.236 e. The molecular weight excluding hydrogens is 243 g/mol. The minimum absolute atomic E-state index is 0.464. The number of halogens is 2. The Morgan fingerprint density at radius 1 is 1.25 bits per heavy atom. The van der Waals surface area contributed by atoms with E-state index >= 15 is 0 Å². The highest BCUT2D eigenvalue weighted by Gasteiger charge is 2.12. The van der Waals surface area contributed by atoms with Crippen LogP contribution in [0.5, 0.6) is 0 Å². The fraction of sp³-hybridized carbons (Fsp3) is 0.250. The Hall–Kier alpha value is -0.990. The highest BCUT2D eigenvalue weighted by molar-refractivity contribution is 6.31. The lowest BCUT2D eigenvalue weighted by Gasteiger charge is -2.08. The van der Waals surface area contributed by atoms with E-state index in [-0.39, 0.29) is 0 Å². The van der Waals surface area contributed by atoms with E-state index in [9.17, 15) is 0 Å². The van der Waals surface area contributed by atoms with Gasteiger partial charge in [-0.1, -0.05) is 29.8 Å². The zero-order valence-electron chi connectivity index (χ0n) is 9.17. The summed E-state index contributed by atoms with van der Waals surface area (Å²) in [6.07, 6.45) is 0. The van der Waals surface area contributed by atoms with E-state index in [1.54, 1.807) is 0 Å². The number of hydrogen-bond acceptors (Lipinski definition) is 1. The Balaban J connectivity index is 2.63. The summed E-state index contributed by atoms with van der Waals surface area (Å²) in [6, 6.07) is 7.92. The van der Waals surface area contributed by atoms with E-state index in [4.69, 9.17) is 23.2 Å². The lowest BCUT2D eigenvalue weighted by molar-refractivity contribution is 0.826. The summed E-state index contributed by atoms with van der Waals surface area (Å²) < 4.78 is 1.84. The molecule has 0 unspecified atom stereocenters. The van der Waals surface area contributed by atoms with Gasteiger partial charge in [0.1, 0.15) is 0 Å². The minimum atomic E-state index is 0.464. The molecule has 0 spiro atoms. The standard InChI is InChI=1S/C12H12Cl2N2/c1-8-12(14)9(2)16(15-8)11-6-4-3-5-10(11)7-13/h3-6H,7H2,1-2H3. The number of aryl methyl sites for hydroxylation is 1. The highest BCUT2D eigenvalue weighted by atomic mass is 35.5. The van der Waals surface area contributed by atoms with Crippen LogP contribution in [0.25, 0.3) is 5.69 Å². The van der Waals surface area contributed by atoms with E-state index in [0.29, 0.717) is 10.9 Å². The third-order valence-electron chi connectivity index (χ3n) is 2.57. The summed E-state index contributed by atoms with van der Waals surface area (Å²) in [5.74, 6) is 0.464. The van der Waals surface area contributed by atoms with Crippen molar-refractivity contribution < 1.29 is 0 Å². The molecular formula is C12H12Cl2N2. The topological polar surface area (TPSA) is 17.8 Å². The van der Waals surface area contributed by atoms with Gasteiger partial charge < -0.3 is 0 Å². The van der Waals surface area contributed by atoms with Crippen molar-refractivity contribution >= 4 is 23.2 Å². The van der Waals surface area contributed by atoms with E-state index in [1.807, 2.05) is 42.8 Å². The Bertz CT molecular complexity index is 518. The first-order valence-corrected chi connectivity index (χ1v) is 5.92. The zero-order chi connectivity index (χ0) is 11.7. The Kier molecular flexibility index (Phi) is 3.22. The van der Waals surface area contributed by atoms with E-state index in [2.05, 4.69) is 5.10 Å². The molecule has 16 heavy (non-hydrogen) atoms. The summed E-state index contributed by atoms with van der Waals surface area (Å²) >= 11 is 12.0. The molecule has 0 fully saturated rings. The van der Waals surface area contributed by atoms with Crippen molar-refractivity contribution in [1.29, 1.82) is 0 Å². The average molecular weight is 255 g/mol. The molecule has 0 aliphatic rings. The second-order valence-corrected chi connectivity index (χ2v) is 4.30. The molecule has 84 valence electrons. The molecule has 1 aromatic carbocycles. The molecule has 0 atom stereocenters. The average Bonchev–Trinajstić information content (AvgIpc) is 2.57. The molecule has 0 N–H and O–H groups in total. The quantitative estimate of drug-likeness (QED) is 0.744. The lowest BCUT2D eigenvalue weighted by atomic mass is 10.2. The first-order valence-electron chi connectivity index (χ1n) is 5.01. The van der Waals surface area contributed by atoms with Gasteiger partial charge in [-0.25, -0.2) is 4.68 Å². The van der Waals surface area contributed by atoms with Crippen LogP contribution in [0.2, 0.25) is 5.02 Å². The van der Waals surface area contributed by atoms with Crippen LogP contribution in [0.4, 0.5) is 0 Å². The van der Waals surface area contributed by atoms with Crippen molar-refractivity contribution in [1.82, 2.24) is 9.78 Å². The maximum Gasteiger partial charge on any atom is 0.0848 e. The molecule has 0 radical (unpaired) electrons. The molecule has 1 aromatic heterocycles. The van der Waals surface area contributed by atoms with Gasteiger partial charge in [-0.3, -0.25) is 0 Å². The number of alkyl halides is 1. The smallest absolute Gasteiger partial charge is 0.0848 e. The van der Waals surface area contributed by atoms with Gasteiger partial charge in [-0.05, 0) is 25.5 Å². The van der Waals surface area contributed by atoms with Crippen molar-refractivity contribution in [3.05, 3.63) is 46.2 Å². The first kappa shape index (κ1) is 11.5. The summed E-state index contributed by atoms with van der Waals surface area (Å²) in [5.41, 5.74) is 3.82. The number of aromatic nitrogens is 2. The van der Waals surface area contributed by atoms with E-state index in [1.165, 1.54) is 0 Å². The second kappa shape index (κ2) is 4.48. The van der Waals surface area contributed by atoms with Crippen molar-refractivity contribution in [2.75, 3.05) is 0 Å². The molecule has 0 aliphatic heterocycles. The van der Waals surface area contributed by atoms with Crippen LogP contribution in [0.1, 0.15) is 17.0 Å². The fourth-order valence-electron chi connectivity index (χ4n) is 1.69. The Morgan fingerprint density at radius 2 is 1.94 bits per heavy atom. The molecule has 2 rings (SSSR count). The molecule has 0 saturated carbocycles. The van der Waals surface area contributed by atoms with Gasteiger partial charge in [0.05, 0.1) is 22.1 Å². The van der Waals surface area contributed by atoms with Crippen LogP contribution >= 0.6 is 23.2 Å². The normalized spacial score (nSPS) is 10.8. The van der Waals surface area contributed by atoms with Gasteiger partial charge in [-0.2, -0.15) is 5.10 Å². The number of benzene rings is 1. The van der Waals surface area contributed by atoms with Crippen molar-refractivity contribution in [2.24, 2.45) is 0 Å². The van der Waals surface area contributed by atoms with Crippen LogP contribution in [0.3, 0.4) is 0 Å². The molecule has 1 heterocycles. The summed E-state index contributed by atoms with van der Waals surface area (Å²) in [7, 11) is 0. The molecule has 2 nitrogen and oxygen atoms in total. The van der Waals surface area contributed by atoms with Gasteiger partial charge >= 0.3 is 0 Å². The SMILES string of the molecule is Cc1nn(-c2ccccc2CCl)c(C)c1Cl. The molecule has 0 saturated heterocycles. The summed E-state index contributed by atoms with van der Waals surface area (Å²) in [6.45, 7) is 3.85. The molecule has 4 heteroatoms. The number of hydrogen-bond donors (Lipinski definition) is 0. The maximum atomic E-state index is 6.13. The number of nitrogens with zero attached hydrogens (tertiary/aromatic N) is 2. The van der Waals surface area contributed by atoms with Gasteiger partial charge in [0.15, 0.2) is 0 Å². The predicted octanol–water partition coefficient (Wildman–Crippen LogP) is 3.88. The van der Waals surface area contributed by atoms with Gasteiger partial charge in [-0.15, -0.1) is 11.6 Å². The first-order chi connectivity index (χ1) is 7.65. The Morgan fingerprint density at radius 3 is 2.50 bits per heavy atom. The van der Waals surface area contributed by atoms with Crippen molar-refractivity contribution in [3.8, 4) is 5.69 Å². The summed E-state index contributed by atoms with van der Waals surface area (Å²) in [4.78, 5) is 0. The lowest BCUT2D eigenvalue weighted by Crippen LogP contribution is -2.02. The number of para-hydroxylation sites is 1. The van der Waals surface area contributed by atoms with Crippen LogP contribution in [-0.4, -0.2) is 9.78 Å². The Labute approximate surface area is 105 Å². The second-order valence-electron chi connectivity index (χ2n) is 3.66. The molecule has 0 amide bonds. The van der Waals surface area contributed by atoms with Crippen molar-refractivity contribution in [2.45, 2.75) is 19.7 Å².